The van der Waals surface area contributed by atoms with Crippen LogP contribution in [0.1, 0.15) is 11.1 Å². The Hall–Kier alpha value is -2.12. The van der Waals surface area contributed by atoms with Crippen molar-refractivity contribution < 1.29 is 9.47 Å². The SMILES string of the molecule is COc1cc(OC)c(C=NNC(=S)Nc2ccc(C)cc2)cc1Br. The van der Waals surface area contributed by atoms with Gasteiger partial charge < -0.3 is 14.8 Å². The topological polar surface area (TPSA) is 54.9 Å². The van der Waals surface area contributed by atoms with Crippen molar-refractivity contribution in [2.24, 2.45) is 5.10 Å². The van der Waals surface area contributed by atoms with E-state index in [0.29, 0.717) is 16.6 Å². The van der Waals surface area contributed by atoms with Crippen LogP contribution in [0.5, 0.6) is 11.5 Å². The molecule has 2 N–H and O–H groups in total. The number of rotatable bonds is 5. The Morgan fingerprint density at radius 2 is 1.79 bits per heavy atom. The van der Waals surface area contributed by atoms with Crippen LogP contribution in [0.25, 0.3) is 0 Å². The highest BCUT2D eigenvalue weighted by Crippen LogP contribution is 2.31. The number of methoxy groups -OCH3 is 2. The minimum Gasteiger partial charge on any atom is -0.496 e. The molecule has 0 aromatic heterocycles. The summed E-state index contributed by atoms with van der Waals surface area (Å²) in [5.74, 6) is 1.34. The van der Waals surface area contributed by atoms with Gasteiger partial charge in [0.15, 0.2) is 5.11 Å². The Morgan fingerprint density at radius 1 is 1.12 bits per heavy atom. The fourth-order valence-electron chi connectivity index (χ4n) is 1.94. The van der Waals surface area contributed by atoms with E-state index >= 15 is 0 Å². The van der Waals surface area contributed by atoms with Crippen molar-refractivity contribution in [2.45, 2.75) is 6.92 Å². The average Bonchev–Trinajstić information content (AvgIpc) is 2.57. The molecule has 0 bridgehead atoms. The van der Waals surface area contributed by atoms with Gasteiger partial charge in [-0.3, -0.25) is 5.43 Å². The normalized spacial score (nSPS) is 10.5. The van der Waals surface area contributed by atoms with Gasteiger partial charge in [0, 0.05) is 17.3 Å². The van der Waals surface area contributed by atoms with Crippen molar-refractivity contribution in [3.8, 4) is 11.5 Å². The zero-order chi connectivity index (χ0) is 17.5. The van der Waals surface area contributed by atoms with Gasteiger partial charge in [-0.25, -0.2) is 0 Å². The molecule has 24 heavy (non-hydrogen) atoms. The summed E-state index contributed by atoms with van der Waals surface area (Å²) in [6, 6.07) is 11.6. The van der Waals surface area contributed by atoms with Crippen LogP contribution in [-0.4, -0.2) is 25.5 Å². The molecule has 2 aromatic rings. The number of nitrogens with zero attached hydrogens (tertiary/aromatic N) is 1. The summed E-state index contributed by atoms with van der Waals surface area (Å²) in [5, 5.41) is 7.60. The molecule has 0 amide bonds. The van der Waals surface area contributed by atoms with Crippen LogP contribution in [0.4, 0.5) is 5.69 Å². The zero-order valence-electron chi connectivity index (χ0n) is 13.6. The third-order valence-electron chi connectivity index (χ3n) is 3.18. The highest BCUT2D eigenvalue weighted by Gasteiger charge is 2.08. The van der Waals surface area contributed by atoms with Crippen molar-refractivity contribution in [1.29, 1.82) is 0 Å². The molecule has 0 radical (unpaired) electrons. The summed E-state index contributed by atoms with van der Waals surface area (Å²) in [5.41, 5.74) is 5.66. The summed E-state index contributed by atoms with van der Waals surface area (Å²) in [4.78, 5) is 0. The van der Waals surface area contributed by atoms with Gasteiger partial charge in [0.1, 0.15) is 11.5 Å². The lowest BCUT2D eigenvalue weighted by atomic mass is 10.2. The lowest BCUT2D eigenvalue weighted by Crippen LogP contribution is -2.23. The fraction of sp³-hybridized carbons (Fsp3) is 0.176. The molecule has 0 atom stereocenters. The van der Waals surface area contributed by atoms with Gasteiger partial charge in [0.2, 0.25) is 0 Å². The van der Waals surface area contributed by atoms with Gasteiger partial charge in [0.05, 0.1) is 24.9 Å². The van der Waals surface area contributed by atoms with E-state index < -0.39 is 0 Å². The molecule has 0 fully saturated rings. The standard InChI is InChI=1S/C17H18BrN3O2S/c1-11-4-6-13(7-5-11)20-17(24)21-19-10-12-8-14(18)16(23-3)9-15(12)22-2/h4-10H,1-3H3,(H2,20,21,24). The van der Waals surface area contributed by atoms with E-state index in [-0.39, 0.29) is 0 Å². The van der Waals surface area contributed by atoms with E-state index in [0.717, 1.165) is 15.7 Å². The number of hydrogen-bond acceptors (Lipinski definition) is 4. The molecule has 0 heterocycles. The second kappa shape index (κ2) is 8.65. The number of hydrazone groups is 1. The molecule has 0 unspecified atom stereocenters. The molecule has 0 aliphatic rings. The van der Waals surface area contributed by atoms with Crippen LogP contribution in [-0.2, 0) is 0 Å². The predicted molar refractivity (Wildman–Crippen MR) is 105 cm³/mol. The molecule has 126 valence electrons. The minimum absolute atomic E-state index is 0.404. The predicted octanol–water partition coefficient (Wildman–Crippen LogP) is 4.10. The Kier molecular flexibility index (Phi) is 6.57. The zero-order valence-corrected chi connectivity index (χ0v) is 16.0. The van der Waals surface area contributed by atoms with Crippen LogP contribution >= 0.6 is 28.1 Å². The number of aryl methyl sites for hydroxylation is 1. The van der Waals surface area contributed by atoms with Crippen LogP contribution < -0.4 is 20.2 Å². The second-order valence-corrected chi connectivity index (χ2v) is 6.18. The third kappa shape index (κ3) is 4.94. The number of benzene rings is 2. The Labute approximate surface area is 155 Å². The molecule has 0 spiro atoms. The summed E-state index contributed by atoms with van der Waals surface area (Å²) in [7, 11) is 3.20. The first-order valence-electron chi connectivity index (χ1n) is 7.11. The monoisotopic (exact) mass is 407 g/mol. The van der Waals surface area contributed by atoms with E-state index in [2.05, 4.69) is 31.8 Å². The van der Waals surface area contributed by atoms with E-state index in [9.17, 15) is 0 Å². The van der Waals surface area contributed by atoms with Crippen molar-refractivity contribution in [3.63, 3.8) is 0 Å². The van der Waals surface area contributed by atoms with E-state index in [1.165, 1.54) is 5.56 Å². The molecule has 5 nitrogen and oxygen atoms in total. The van der Waals surface area contributed by atoms with E-state index in [4.69, 9.17) is 21.7 Å². The van der Waals surface area contributed by atoms with Crippen molar-refractivity contribution in [2.75, 3.05) is 19.5 Å². The van der Waals surface area contributed by atoms with Crippen LogP contribution in [0.2, 0.25) is 0 Å². The second-order valence-electron chi connectivity index (χ2n) is 4.92. The lowest BCUT2D eigenvalue weighted by molar-refractivity contribution is 0.392. The lowest BCUT2D eigenvalue weighted by Gasteiger charge is -2.10. The summed E-state index contributed by atoms with van der Waals surface area (Å²) < 4.78 is 11.4. The number of nitrogens with one attached hydrogen (secondary N) is 2. The third-order valence-corrected chi connectivity index (χ3v) is 4.00. The molecule has 0 saturated carbocycles. The average molecular weight is 408 g/mol. The van der Waals surface area contributed by atoms with Crippen LogP contribution in [0, 0.1) is 6.92 Å². The number of ether oxygens (including phenoxy) is 2. The molecule has 0 aliphatic carbocycles. The maximum Gasteiger partial charge on any atom is 0.191 e. The summed E-state index contributed by atoms with van der Waals surface area (Å²) >= 11 is 8.66. The smallest absolute Gasteiger partial charge is 0.191 e. The molecule has 2 aromatic carbocycles. The van der Waals surface area contributed by atoms with Crippen LogP contribution in [0.3, 0.4) is 0 Å². The molecular formula is C17H18BrN3O2S. The largest absolute Gasteiger partial charge is 0.496 e. The number of hydrogen-bond donors (Lipinski definition) is 2. The highest BCUT2D eigenvalue weighted by molar-refractivity contribution is 9.10. The Balaban J connectivity index is 2.01. The maximum atomic E-state index is 5.34. The van der Waals surface area contributed by atoms with Gasteiger partial charge in [0.25, 0.3) is 0 Å². The first kappa shape index (κ1) is 18.2. The molecule has 2 rings (SSSR count). The number of thiocarbonyl (C=S) groups is 1. The maximum absolute atomic E-state index is 5.34. The first-order valence-corrected chi connectivity index (χ1v) is 8.32. The minimum atomic E-state index is 0.404. The van der Waals surface area contributed by atoms with Crippen molar-refractivity contribution in [3.05, 3.63) is 52.0 Å². The van der Waals surface area contributed by atoms with Crippen molar-refractivity contribution >= 4 is 45.2 Å². The van der Waals surface area contributed by atoms with Gasteiger partial charge in [-0.15, -0.1) is 0 Å². The summed E-state index contributed by atoms with van der Waals surface area (Å²) in [6.45, 7) is 2.03. The molecule has 0 saturated heterocycles. The highest BCUT2D eigenvalue weighted by atomic mass is 79.9. The first-order chi connectivity index (χ1) is 11.5. The molecular weight excluding hydrogens is 390 g/mol. The van der Waals surface area contributed by atoms with Gasteiger partial charge in [-0.2, -0.15) is 5.10 Å². The number of anilines is 1. The Bertz CT molecular complexity index is 748. The van der Waals surface area contributed by atoms with Crippen LogP contribution in [0.15, 0.2) is 46.0 Å². The Morgan fingerprint density at radius 3 is 2.42 bits per heavy atom. The van der Waals surface area contributed by atoms with E-state index in [1.807, 2.05) is 37.3 Å². The number of halogens is 1. The summed E-state index contributed by atoms with van der Waals surface area (Å²) in [6.07, 6.45) is 1.63. The quantitative estimate of drug-likeness (QED) is 0.443. The fourth-order valence-corrected chi connectivity index (χ4v) is 2.63. The van der Waals surface area contributed by atoms with Gasteiger partial charge in [-0.05, 0) is 53.3 Å². The molecule has 0 aliphatic heterocycles. The van der Waals surface area contributed by atoms with Gasteiger partial charge in [-0.1, -0.05) is 17.7 Å². The van der Waals surface area contributed by atoms with E-state index in [1.54, 1.807) is 26.5 Å². The van der Waals surface area contributed by atoms with Crippen molar-refractivity contribution in [1.82, 2.24) is 5.43 Å². The molecule has 7 heteroatoms. The van der Waals surface area contributed by atoms with Gasteiger partial charge >= 0.3 is 0 Å².